The minimum absolute atomic E-state index is 0.0412. The summed E-state index contributed by atoms with van der Waals surface area (Å²) in [6, 6.07) is 18.5. The number of nitriles is 1. The molecule has 3 aliphatic rings. The summed E-state index contributed by atoms with van der Waals surface area (Å²) >= 11 is 0. The summed E-state index contributed by atoms with van der Waals surface area (Å²) in [5.41, 5.74) is 9.58. The third-order valence-electron chi connectivity index (χ3n) is 8.54. The first kappa shape index (κ1) is 33.3. The molecule has 0 aliphatic carbocycles. The van der Waals surface area contributed by atoms with E-state index in [0.717, 1.165) is 50.6 Å². The average molecular weight is 639 g/mol. The highest BCUT2D eigenvalue weighted by atomic mass is 16.5. The largest absolute Gasteiger partial charge is 0.489 e. The van der Waals surface area contributed by atoms with Crippen molar-refractivity contribution < 1.29 is 14.3 Å². The third kappa shape index (κ3) is 8.60. The van der Waals surface area contributed by atoms with Crippen molar-refractivity contribution in [3.8, 4) is 23.1 Å². The monoisotopic (exact) mass is 638 g/mol. The number of nitrogens with zero attached hydrogens (tertiary/aromatic N) is 7. The SMILES string of the molecule is C=N.CC(N)=NCC(=O)N1CCC(Oc2ccc(-c3ccnc(Nc4ccc(N5CCN(C6COC6)CC5)cc4)n3)cc2C#N)CC1. The molecule has 0 saturated carbocycles. The molecule has 4 heterocycles. The van der Waals surface area contributed by atoms with Gasteiger partial charge in [0.2, 0.25) is 11.9 Å². The van der Waals surface area contributed by atoms with Gasteiger partial charge in [0.15, 0.2) is 0 Å². The maximum atomic E-state index is 12.3. The van der Waals surface area contributed by atoms with E-state index < -0.39 is 0 Å². The van der Waals surface area contributed by atoms with Crippen LogP contribution in [0.3, 0.4) is 0 Å². The van der Waals surface area contributed by atoms with Gasteiger partial charge in [0.05, 0.1) is 36.3 Å². The molecule has 3 aliphatic heterocycles. The van der Waals surface area contributed by atoms with Crippen molar-refractivity contribution in [3.63, 3.8) is 0 Å². The molecular formula is C34H42N10O3. The number of aromatic nitrogens is 2. The van der Waals surface area contributed by atoms with Crippen molar-refractivity contribution in [2.75, 3.05) is 69.2 Å². The van der Waals surface area contributed by atoms with Crippen LogP contribution in [-0.4, -0.2) is 109 Å². The van der Waals surface area contributed by atoms with E-state index in [1.165, 1.54) is 5.69 Å². The fraction of sp³-hybridized carbons (Fsp3) is 0.412. The molecule has 3 fully saturated rings. The van der Waals surface area contributed by atoms with E-state index in [1.807, 2.05) is 30.3 Å². The van der Waals surface area contributed by atoms with Crippen molar-refractivity contribution in [1.82, 2.24) is 19.8 Å². The van der Waals surface area contributed by atoms with Gasteiger partial charge >= 0.3 is 0 Å². The van der Waals surface area contributed by atoms with Crippen molar-refractivity contribution in [3.05, 3.63) is 60.3 Å². The molecule has 3 aromatic rings. The van der Waals surface area contributed by atoms with Crippen LogP contribution in [0, 0.1) is 16.7 Å². The number of nitrogens with two attached hydrogens (primary N) is 1. The summed E-state index contributed by atoms with van der Waals surface area (Å²) in [5, 5.41) is 18.7. The molecule has 0 atom stereocenters. The molecule has 2 aromatic carbocycles. The summed E-state index contributed by atoms with van der Waals surface area (Å²) < 4.78 is 11.6. The third-order valence-corrected chi connectivity index (χ3v) is 8.54. The lowest BCUT2D eigenvalue weighted by molar-refractivity contribution is -0.131. The maximum absolute atomic E-state index is 12.3. The molecule has 4 N–H and O–H groups in total. The van der Waals surface area contributed by atoms with Crippen molar-refractivity contribution in [2.45, 2.75) is 31.9 Å². The number of likely N-dealkylation sites (tertiary alicyclic amines) is 1. The van der Waals surface area contributed by atoms with Gasteiger partial charge in [-0.05, 0) is 62.2 Å². The fourth-order valence-electron chi connectivity index (χ4n) is 5.82. The number of benzene rings is 2. The van der Waals surface area contributed by atoms with Gasteiger partial charge in [-0.2, -0.15) is 5.26 Å². The number of carbonyl (C=O) groups is 1. The summed E-state index contributed by atoms with van der Waals surface area (Å²) in [5.74, 6) is 1.36. The van der Waals surface area contributed by atoms with Crippen LogP contribution in [0.5, 0.6) is 5.75 Å². The highest BCUT2D eigenvalue weighted by Gasteiger charge is 2.29. The Hall–Kier alpha value is -5.06. The fourth-order valence-corrected chi connectivity index (χ4v) is 5.82. The first-order valence-electron chi connectivity index (χ1n) is 15.8. The van der Waals surface area contributed by atoms with Crippen LogP contribution in [0.1, 0.15) is 25.3 Å². The lowest BCUT2D eigenvalue weighted by atomic mass is 10.1. The molecule has 246 valence electrons. The molecule has 47 heavy (non-hydrogen) atoms. The Balaban J connectivity index is 0.00000213. The van der Waals surface area contributed by atoms with Gasteiger partial charge < -0.3 is 35.7 Å². The summed E-state index contributed by atoms with van der Waals surface area (Å²) in [6.45, 7) is 11.2. The van der Waals surface area contributed by atoms with E-state index in [-0.39, 0.29) is 18.6 Å². The minimum Gasteiger partial charge on any atom is -0.489 e. The quantitative estimate of drug-likeness (QED) is 0.234. The number of aliphatic imine (C=N–C) groups is 1. The number of hydrogen-bond acceptors (Lipinski definition) is 11. The lowest BCUT2D eigenvalue weighted by Crippen LogP contribution is -2.56. The van der Waals surface area contributed by atoms with Crippen LogP contribution in [0.2, 0.25) is 0 Å². The zero-order chi connectivity index (χ0) is 33.2. The number of nitrogens with one attached hydrogen (secondary N) is 2. The number of carbonyl (C=O) groups excluding carboxylic acids is 1. The van der Waals surface area contributed by atoms with E-state index >= 15 is 0 Å². The van der Waals surface area contributed by atoms with E-state index in [0.29, 0.717) is 60.8 Å². The Morgan fingerprint density at radius 2 is 1.83 bits per heavy atom. The van der Waals surface area contributed by atoms with Gasteiger partial charge in [0.1, 0.15) is 24.5 Å². The number of anilines is 3. The molecule has 1 aromatic heterocycles. The molecule has 0 spiro atoms. The molecule has 3 saturated heterocycles. The van der Waals surface area contributed by atoms with Gasteiger partial charge in [-0.25, -0.2) is 9.97 Å². The number of rotatable bonds is 9. The van der Waals surface area contributed by atoms with Crippen LogP contribution >= 0.6 is 0 Å². The highest BCUT2D eigenvalue weighted by Crippen LogP contribution is 2.29. The average Bonchev–Trinajstić information content (AvgIpc) is 3.09. The summed E-state index contributed by atoms with van der Waals surface area (Å²) in [6.07, 6.45) is 2.98. The van der Waals surface area contributed by atoms with E-state index in [2.05, 4.69) is 50.0 Å². The predicted octanol–water partition coefficient (Wildman–Crippen LogP) is 3.29. The molecule has 0 unspecified atom stereocenters. The van der Waals surface area contributed by atoms with Gasteiger partial charge in [0, 0.05) is 75.2 Å². The van der Waals surface area contributed by atoms with Crippen LogP contribution in [0.25, 0.3) is 11.3 Å². The molecule has 13 heteroatoms. The van der Waals surface area contributed by atoms with E-state index in [9.17, 15) is 10.1 Å². The van der Waals surface area contributed by atoms with Gasteiger partial charge in [-0.3, -0.25) is 14.7 Å². The number of piperazine rings is 1. The van der Waals surface area contributed by atoms with E-state index in [1.54, 1.807) is 24.1 Å². The zero-order valence-corrected chi connectivity index (χ0v) is 26.8. The van der Waals surface area contributed by atoms with Gasteiger partial charge in [-0.15, -0.1) is 0 Å². The Morgan fingerprint density at radius 3 is 2.47 bits per heavy atom. The van der Waals surface area contributed by atoms with Crippen LogP contribution in [0.4, 0.5) is 17.3 Å². The van der Waals surface area contributed by atoms with Crippen molar-refractivity contribution >= 4 is 35.8 Å². The first-order valence-corrected chi connectivity index (χ1v) is 15.8. The summed E-state index contributed by atoms with van der Waals surface area (Å²) in [4.78, 5) is 32.2. The molecule has 0 bridgehead atoms. The number of hydrogen-bond donors (Lipinski definition) is 3. The topological polar surface area (TPSA) is 169 Å². The smallest absolute Gasteiger partial charge is 0.244 e. The standard InChI is InChI=1S/C33H39N9O3.CH3N/c1-23(35)37-20-32(43)42-12-9-29(10-13-42)45-31-7-2-24(18-25(31)19-34)30-8-11-36-33(39-30)38-26-3-5-27(6-4-26)40-14-16-41(17-15-40)28-21-44-22-28;1-2/h2-8,11,18,28-29H,9-10,12-17,20-22H2,1H3,(H2,35,37)(H,36,38,39);2H,1H2. The van der Waals surface area contributed by atoms with Gasteiger partial charge in [-0.1, -0.05) is 0 Å². The number of amides is 1. The maximum Gasteiger partial charge on any atom is 0.244 e. The predicted molar refractivity (Wildman–Crippen MR) is 183 cm³/mol. The Labute approximate surface area is 275 Å². The van der Waals surface area contributed by atoms with Crippen molar-refractivity contribution in [2.24, 2.45) is 10.7 Å². The second-order valence-corrected chi connectivity index (χ2v) is 11.6. The van der Waals surface area contributed by atoms with Crippen LogP contribution in [-0.2, 0) is 9.53 Å². The summed E-state index contributed by atoms with van der Waals surface area (Å²) in [7, 11) is 0. The minimum atomic E-state index is -0.0833. The Bertz CT molecular complexity index is 1570. The zero-order valence-electron chi connectivity index (χ0n) is 26.8. The normalized spacial score (nSPS) is 17.6. The number of amidine groups is 1. The molecular weight excluding hydrogens is 596 g/mol. The van der Waals surface area contributed by atoms with E-state index in [4.69, 9.17) is 25.6 Å². The highest BCUT2D eigenvalue weighted by molar-refractivity contribution is 5.83. The Morgan fingerprint density at radius 1 is 1.11 bits per heavy atom. The van der Waals surface area contributed by atoms with Crippen LogP contribution in [0.15, 0.2) is 59.7 Å². The number of ether oxygens (including phenoxy) is 2. The molecule has 1 amide bonds. The molecule has 13 nitrogen and oxygen atoms in total. The Kier molecular flexibility index (Phi) is 11.3. The second kappa shape index (κ2) is 16.0. The lowest BCUT2D eigenvalue weighted by Gasteiger charge is -2.43. The first-order chi connectivity index (χ1) is 22.9. The van der Waals surface area contributed by atoms with Crippen molar-refractivity contribution in [1.29, 1.82) is 10.7 Å². The van der Waals surface area contributed by atoms with Gasteiger partial charge in [0.25, 0.3) is 0 Å². The molecule has 0 radical (unpaired) electrons. The second-order valence-electron chi connectivity index (χ2n) is 11.6. The van der Waals surface area contributed by atoms with Crippen LogP contribution < -0.4 is 20.7 Å². The number of piperidine rings is 1. The molecule has 6 rings (SSSR count).